The van der Waals surface area contributed by atoms with Gasteiger partial charge in [0.15, 0.2) is 5.65 Å². The van der Waals surface area contributed by atoms with Crippen molar-refractivity contribution in [3.8, 4) is 0 Å². The molecule has 0 amide bonds. The van der Waals surface area contributed by atoms with Crippen molar-refractivity contribution in [2.75, 3.05) is 12.0 Å². The summed E-state index contributed by atoms with van der Waals surface area (Å²) in [4.78, 5) is 8.92. The second-order valence-corrected chi connectivity index (χ2v) is 6.14. The minimum Gasteiger partial charge on any atom is -0.369 e. The molecule has 0 aromatic carbocycles. The zero-order valence-electron chi connectivity index (χ0n) is 10.7. The molecule has 2 aromatic rings. The van der Waals surface area contributed by atoms with Gasteiger partial charge < -0.3 is 5.73 Å². The Kier molecular flexibility index (Phi) is 3.03. The van der Waals surface area contributed by atoms with Crippen LogP contribution < -0.4 is 5.73 Å². The summed E-state index contributed by atoms with van der Waals surface area (Å²) >= 11 is 1.63. The highest BCUT2D eigenvalue weighted by Crippen LogP contribution is 2.24. The smallest absolute Gasteiger partial charge is 0.202 e. The molecule has 2 rings (SSSR count). The van der Waals surface area contributed by atoms with Gasteiger partial charge >= 0.3 is 0 Å². The minimum absolute atomic E-state index is 0.152. The van der Waals surface area contributed by atoms with Gasteiger partial charge in [0, 0.05) is 6.54 Å². The Morgan fingerprint density at radius 3 is 2.59 bits per heavy atom. The highest BCUT2D eigenvalue weighted by Gasteiger charge is 2.17. The molecule has 0 fully saturated rings. The van der Waals surface area contributed by atoms with Crippen molar-refractivity contribution >= 4 is 28.9 Å². The van der Waals surface area contributed by atoms with Crippen LogP contribution in [-0.2, 0) is 6.54 Å². The quantitative estimate of drug-likeness (QED) is 0.833. The number of rotatable bonds is 2. The van der Waals surface area contributed by atoms with E-state index in [0.717, 1.165) is 22.7 Å². The van der Waals surface area contributed by atoms with Gasteiger partial charge in [-0.2, -0.15) is 0 Å². The molecule has 2 aromatic heterocycles. The summed E-state index contributed by atoms with van der Waals surface area (Å²) in [6, 6.07) is 3.95. The molecule has 4 nitrogen and oxygen atoms in total. The van der Waals surface area contributed by atoms with Crippen molar-refractivity contribution in [1.82, 2.24) is 14.5 Å². The van der Waals surface area contributed by atoms with Crippen LogP contribution in [-0.4, -0.2) is 20.8 Å². The van der Waals surface area contributed by atoms with Crippen LogP contribution in [0.3, 0.4) is 0 Å². The maximum absolute atomic E-state index is 5.96. The van der Waals surface area contributed by atoms with Gasteiger partial charge in [-0.25, -0.2) is 9.97 Å². The van der Waals surface area contributed by atoms with Gasteiger partial charge in [-0.3, -0.25) is 4.57 Å². The number of anilines is 1. The highest BCUT2D eigenvalue weighted by atomic mass is 32.2. The lowest BCUT2D eigenvalue weighted by atomic mass is 9.97. The molecule has 0 unspecified atom stereocenters. The number of nitrogens with zero attached hydrogens (tertiary/aromatic N) is 3. The number of nitrogen functional groups attached to an aromatic ring is 1. The molecule has 0 aliphatic rings. The van der Waals surface area contributed by atoms with E-state index < -0.39 is 0 Å². The van der Waals surface area contributed by atoms with E-state index >= 15 is 0 Å². The van der Waals surface area contributed by atoms with Gasteiger partial charge in [-0.1, -0.05) is 20.8 Å². The Balaban J connectivity index is 2.56. The lowest BCUT2D eigenvalue weighted by Crippen LogP contribution is -2.17. The number of pyridine rings is 1. The fourth-order valence-corrected chi connectivity index (χ4v) is 2.13. The maximum Gasteiger partial charge on any atom is 0.202 e. The predicted octanol–water partition coefficient (Wildman–Crippen LogP) is 2.78. The highest BCUT2D eigenvalue weighted by molar-refractivity contribution is 7.98. The Labute approximate surface area is 106 Å². The molecular weight excluding hydrogens is 232 g/mol. The Hall–Kier alpha value is -1.23. The van der Waals surface area contributed by atoms with Crippen LogP contribution in [0.5, 0.6) is 0 Å². The number of hydrogen-bond donors (Lipinski definition) is 1. The van der Waals surface area contributed by atoms with E-state index in [-0.39, 0.29) is 5.41 Å². The van der Waals surface area contributed by atoms with Crippen molar-refractivity contribution in [1.29, 1.82) is 0 Å². The zero-order chi connectivity index (χ0) is 12.6. The lowest BCUT2D eigenvalue weighted by molar-refractivity contribution is 0.350. The van der Waals surface area contributed by atoms with Crippen LogP contribution in [0.4, 0.5) is 5.95 Å². The fraction of sp³-hybridized carbons (Fsp3) is 0.500. The first-order valence-corrected chi connectivity index (χ1v) is 6.80. The summed E-state index contributed by atoms with van der Waals surface area (Å²) in [5.41, 5.74) is 7.85. The Bertz CT molecular complexity index is 539. The molecule has 0 aliphatic carbocycles. The van der Waals surface area contributed by atoms with Gasteiger partial charge in [0.05, 0.1) is 5.03 Å². The Morgan fingerprint density at radius 2 is 2.00 bits per heavy atom. The van der Waals surface area contributed by atoms with E-state index in [1.165, 1.54) is 0 Å². The van der Waals surface area contributed by atoms with Gasteiger partial charge in [0.25, 0.3) is 0 Å². The average Bonchev–Trinajstić information content (AvgIpc) is 2.53. The van der Waals surface area contributed by atoms with Crippen LogP contribution in [0.2, 0.25) is 0 Å². The molecule has 92 valence electrons. The molecule has 0 spiro atoms. The van der Waals surface area contributed by atoms with E-state index in [9.17, 15) is 0 Å². The zero-order valence-corrected chi connectivity index (χ0v) is 11.5. The predicted molar refractivity (Wildman–Crippen MR) is 73.2 cm³/mol. The molecule has 0 radical (unpaired) electrons. The minimum atomic E-state index is 0.152. The maximum atomic E-state index is 5.96. The standard InChI is InChI=1S/C12H18N4S/c1-12(2,3)7-16-10-8(14-11(16)13)5-6-9(15-10)17-4/h5-6H,7H2,1-4H3,(H2,13,14). The van der Waals surface area contributed by atoms with Crippen LogP contribution in [0.25, 0.3) is 11.2 Å². The summed E-state index contributed by atoms with van der Waals surface area (Å²) in [5.74, 6) is 0.542. The van der Waals surface area contributed by atoms with Gasteiger partial charge in [-0.15, -0.1) is 11.8 Å². The number of hydrogen-bond acceptors (Lipinski definition) is 4. The molecule has 5 heteroatoms. The molecule has 2 heterocycles. The number of fused-ring (bicyclic) bond motifs is 1. The molecule has 0 saturated heterocycles. The molecule has 0 saturated carbocycles. The monoisotopic (exact) mass is 250 g/mol. The van der Waals surface area contributed by atoms with E-state index in [1.807, 2.05) is 23.0 Å². The summed E-state index contributed by atoms with van der Waals surface area (Å²) < 4.78 is 2.00. The second kappa shape index (κ2) is 4.22. The third-order valence-corrected chi connectivity index (χ3v) is 3.08. The van der Waals surface area contributed by atoms with Crippen LogP contribution in [0, 0.1) is 5.41 Å². The normalized spacial score (nSPS) is 12.2. The van der Waals surface area contributed by atoms with Crippen LogP contribution in [0.1, 0.15) is 20.8 Å². The SMILES string of the molecule is CSc1ccc2nc(N)n(CC(C)(C)C)c2n1. The lowest BCUT2D eigenvalue weighted by Gasteiger charge is -2.19. The van der Waals surface area contributed by atoms with Crippen molar-refractivity contribution in [3.63, 3.8) is 0 Å². The van der Waals surface area contributed by atoms with Crippen molar-refractivity contribution in [2.24, 2.45) is 5.41 Å². The van der Waals surface area contributed by atoms with E-state index in [4.69, 9.17) is 5.73 Å². The number of thioether (sulfide) groups is 1. The molecule has 0 aliphatic heterocycles. The van der Waals surface area contributed by atoms with Crippen molar-refractivity contribution in [3.05, 3.63) is 12.1 Å². The average molecular weight is 250 g/mol. The largest absolute Gasteiger partial charge is 0.369 e. The molecule has 17 heavy (non-hydrogen) atoms. The molecule has 2 N–H and O–H groups in total. The summed E-state index contributed by atoms with van der Waals surface area (Å²) in [7, 11) is 0. The first-order valence-electron chi connectivity index (χ1n) is 5.57. The Morgan fingerprint density at radius 1 is 1.29 bits per heavy atom. The van der Waals surface area contributed by atoms with Crippen LogP contribution in [0.15, 0.2) is 17.2 Å². The van der Waals surface area contributed by atoms with Gasteiger partial charge in [0.1, 0.15) is 5.52 Å². The summed E-state index contributed by atoms with van der Waals surface area (Å²) in [6.07, 6.45) is 2.02. The van der Waals surface area contributed by atoms with E-state index in [1.54, 1.807) is 11.8 Å². The molecule has 0 bridgehead atoms. The summed E-state index contributed by atoms with van der Waals surface area (Å²) in [5, 5.41) is 0.993. The molecular formula is C12H18N4S. The van der Waals surface area contributed by atoms with Gasteiger partial charge in [0.2, 0.25) is 5.95 Å². The number of imidazole rings is 1. The van der Waals surface area contributed by atoms with E-state index in [0.29, 0.717) is 5.95 Å². The van der Waals surface area contributed by atoms with E-state index in [2.05, 4.69) is 30.7 Å². The van der Waals surface area contributed by atoms with Crippen molar-refractivity contribution < 1.29 is 0 Å². The van der Waals surface area contributed by atoms with Crippen LogP contribution >= 0.6 is 11.8 Å². The van der Waals surface area contributed by atoms with Crippen molar-refractivity contribution in [2.45, 2.75) is 32.3 Å². The summed E-state index contributed by atoms with van der Waals surface area (Å²) in [6.45, 7) is 7.35. The third-order valence-electron chi connectivity index (χ3n) is 2.44. The number of aromatic nitrogens is 3. The fourth-order valence-electron chi connectivity index (χ4n) is 1.75. The third kappa shape index (κ3) is 2.54. The number of nitrogens with two attached hydrogens (primary N) is 1. The second-order valence-electron chi connectivity index (χ2n) is 5.31. The van der Waals surface area contributed by atoms with Gasteiger partial charge in [-0.05, 0) is 23.8 Å². The first kappa shape index (κ1) is 12.2. The molecule has 0 atom stereocenters. The topological polar surface area (TPSA) is 56.7 Å². The first-order chi connectivity index (χ1) is 7.90.